The van der Waals surface area contributed by atoms with E-state index in [9.17, 15) is 18.4 Å². The first-order valence-electron chi connectivity index (χ1n) is 6.80. The summed E-state index contributed by atoms with van der Waals surface area (Å²) >= 11 is 0. The highest BCUT2D eigenvalue weighted by Gasteiger charge is 2.08. The van der Waals surface area contributed by atoms with Crippen LogP contribution < -0.4 is 10.6 Å². The third-order valence-corrected chi connectivity index (χ3v) is 2.83. The molecule has 0 saturated carbocycles. The molecule has 120 valence electrons. The van der Waals surface area contributed by atoms with Gasteiger partial charge < -0.3 is 15.4 Å². The average molecular weight is 320 g/mol. The summed E-state index contributed by atoms with van der Waals surface area (Å²) < 4.78 is 30.7. The molecule has 0 bridgehead atoms. The molecule has 0 heterocycles. The Labute approximate surface area is 131 Å². The Morgan fingerprint density at radius 1 is 0.957 bits per heavy atom. The minimum atomic E-state index is -1.05. The molecule has 2 N–H and O–H groups in total. The van der Waals surface area contributed by atoms with Crippen molar-refractivity contribution in [3.63, 3.8) is 0 Å². The average Bonchev–Trinajstić information content (AvgIpc) is 2.52. The van der Waals surface area contributed by atoms with Crippen molar-refractivity contribution in [1.29, 1.82) is 0 Å². The summed E-state index contributed by atoms with van der Waals surface area (Å²) in [5.74, 6) is -2.50. The molecule has 0 aliphatic heterocycles. The molecule has 2 aromatic rings. The molecule has 0 spiro atoms. The van der Waals surface area contributed by atoms with E-state index in [2.05, 4.69) is 10.6 Å². The zero-order chi connectivity index (χ0) is 16.8. The number of carbonyl (C=O) groups is 2. The monoisotopic (exact) mass is 320 g/mol. The van der Waals surface area contributed by atoms with Crippen LogP contribution in [0, 0.1) is 11.6 Å². The standard InChI is InChI=1S/C16H14F2N2O3/c1-2-23-15(21)10-3-5-11(6-4-10)19-16(22)20-12-7-8-13(17)14(18)9-12/h3-9H,2H2,1H3,(H2,19,20,22). The lowest BCUT2D eigenvalue weighted by Crippen LogP contribution is -2.19. The molecular weight excluding hydrogens is 306 g/mol. The summed E-state index contributed by atoms with van der Waals surface area (Å²) in [4.78, 5) is 23.3. The van der Waals surface area contributed by atoms with Gasteiger partial charge in [0.15, 0.2) is 11.6 Å². The Morgan fingerprint density at radius 2 is 1.57 bits per heavy atom. The van der Waals surface area contributed by atoms with Gasteiger partial charge in [-0.3, -0.25) is 0 Å². The van der Waals surface area contributed by atoms with Crippen LogP contribution >= 0.6 is 0 Å². The molecule has 0 atom stereocenters. The van der Waals surface area contributed by atoms with Crippen molar-refractivity contribution in [1.82, 2.24) is 0 Å². The second kappa shape index (κ2) is 7.35. The highest BCUT2D eigenvalue weighted by Crippen LogP contribution is 2.14. The van der Waals surface area contributed by atoms with Gasteiger partial charge in [0, 0.05) is 17.4 Å². The maximum absolute atomic E-state index is 13.0. The van der Waals surface area contributed by atoms with E-state index < -0.39 is 23.6 Å². The quantitative estimate of drug-likeness (QED) is 0.842. The Bertz CT molecular complexity index is 718. The van der Waals surface area contributed by atoms with E-state index in [1.54, 1.807) is 6.92 Å². The van der Waals surface area contributed by atoms with Crippen LogP contribution in [0.3, 0.4) is 0 Å². The summed E-state index contributed by atoms with van der Waals surface area (Å²) in [5, 5.41) is 4.87. The number of carbonyl (C=O) groups excluding carboxylic acids is 2. The first-order valence-corrected chi connectivity index (χ1v) is 6.80. The van der Waals surface area contributed by atoms with Crippen molar-refractivity contribution in [3.8, 4) is 0 Å². The lowest BCUT2D eigenvalue weighted by molar-refractivity contribution is 0.0526. The van der Waals surface area contributed by atoms with Gasteiger partial charge in [0.1, 0.15) is 0 Å². The molecule has 0 saturated heterocycles. The van der Waals surface area contributed by atoms with Gasteiger partial charge in [0.25, 0.3) is 0 Å². The summed E-state index contributed by atoms with van der Waals surface area (Å²) in [7, 11) is 0. The van der Waals surface area contributed by atoms with E-state index in [4.69, 9.17) is 4.74 Å². The van der Waals surface area contributed by atoms with Gasteiger partial charge in [-0.05, 0) is 43.3 Å². The van der Waals surface area contributed by atoms with Crippen LogP contribution in [0.15, 0.2) is 42.5 Å². The molecule has 2 rings (SSSR count). The molecule has 0 aliphatic carbocycles. The van der Waals surface area contributed by atoms with E-state index in [1.807, 2.05) is 0 Å². The van der Waals surface area contributed by atoms with Crippen LogP contribution in [0.5, 0.6) is 0 Å². The topological polar surface area (TPSA) is 67.4 Å². The predicted molar refractivity (Wildman–Crippen MR) is 81.4 cm³/mol. The molecule has 0 radical (unpaired) electrons. The summed E-state index contributed by atoms with van der Waals surface area (Å²) in [5.41, 5.74) is 0.904. The maximum atomic E-state index is 13.0. The number of benzene rings is 2. The van der Waals surface area contributed by atoms with E-state index in [1.165, 1.54) is 30.3 Å². The van der Waals surface area contributed by atoms with Crippen molar-refractivity contribution < 1.29 is 23.1 Å². The van der Waals surface area contributed by atoms with Crippen LogP contribution in [-0.4, -0.2) is 18.6 Å². The van der Waals surface area contributed by atoms with E-state index >= 15 is 0 Å². The molecule has 0 fully saturated rings. The highest BCUT2D eigenvalue weighted by atomic mass is 19.2. The van der Waals surface area contributed by atoms with Crippen LogP contribution in [0.25, 0.3) is 0 Å². The van der Waals surface area contributed by atoms with Crippen LogP contribution in [0.4, 0.5) is 25.0 Å². The van der Waals surface area contributed by atoms with E-state index in [0.29, 0.717) is 11.3 Å². The maximum Gasteiger partial charge on any atom is 0.338 e. The lowest BCUT2D eigenvalue weighted by Gasteiger charge is -2.08. The van der Waals surface area contributed by atoms with Gasteiger partial charge in [-0.15, -0.1) is 0 Å². The number of ether oxygens (including phenoxy) is 1. The van der Waals surface area contributed by atoms with Gasteiger partial charge in [0.05, 0.1) is 12.2 Å². The van der Waals surface area contributed by atoms with E-state index in [-0.39, 0.29) is 12.3 Å². The molecule has 0 aliphatic rings. The smallest absolute Gasteiger partial charge is 0.338 e. The third-order valence-electron chi connectivity index (χ3n) is 2.83. The van der Waals surface area contributed by atoms with Gasteiger partial charge in [-0.1, -0.05) is 0 Å². The fourth-order valence-electron chi connectivity index (χ4n) is 1.77. The van der Waals surface area contributed by atoms with Gasteiger partial charge in [0.2, 0.25) is 0 Å². The van der Waals surface area contributed by atoms with Gasteiger partial charge in [-0.2, -0.15) is 0 Å². The molecular formula is C16H14F2N2O3. The van der Waals surface area contributed by atoms with Crippen LogP contribution in [0.1, 0.15) is 17.3 Å². The second-order valence-corrected chi connectivity index (χ2v) is 4.51. The zero-order valence-corrected chi connectivity index (χ0v) is 12.2. The van der Waals surface area contributed by atoms with Crippen molar-refractivity contribution in [2.75, 3.05) is 17.2 Å². The Kier molecular flexibility index (Phi) is 5.24. The number of esters is 1. The number of hydrogen-bond acceptors (Lipinski definition) is 3. The SMILES string of the molecule is CCOC(=O)c1ccc(NC(=O)Nc2ccc(F)c(F)c2)cc1. The Hall–Kier alpha value is -2.96. The minimum Gasteiger partial charge on any atom is -0.462 e. The molecule has 5 nitrogen and oxygen atoms in total. The zero-order valence-electron chi connectivity index (χ0n) is 12.2. The third kappa shape index (κ3) is 4.50. The summed E-state index contributed by atoms with van der Waals surface area (Å²) in [6, 6.07) is 8.46. The first kappa shape index (κ1) is 16.4. The first-order chi connectivity index (χ1) is 11.0. The van der Waals surface area contributed by atoms with E-state index in [0.717, 1.165) is 12.1 Å². The minimum absolute atomic E-state index is 0.115. The fraction of sp³-hybridized carbons (Fsp3) is 0.125. The normalized spacial score (nSPS) is 10.0. The molecule has 23 heavy (non-hydrogen) atoms. The largest absolute Gasteiger partial charge is 0.462 e. The summed E-state index contributed by atoms with van der Waals surface area (Å²) in [6.07, 6.45) is 0. The van der Waals surface area contributed by atoms with Crippen LogP contribution in [-0.2, 0) is 4.74 Å². The van der Waals surface area contributed by atoms with Crippen molar-refractivity contribution >= 4 is 23.4 Å². The Balaban J connectivity index is 1.97. The number of urea groups is 1. The number of hydrogen-bond donors (Lipinski definition) is 2. The molecule has 2 aromatic carbocycles. The number of amides is 2. The highest BCUT2D eigenvalue weighted by molar-refractivity contribution is 6.00. The number of anilines is 2. The second-order valence-electron chi connectivity index (χ2n) is 4.51. The van der Waals surface area contributed by atoms with Gasteiger partial charge >= 0.3 is 12.0 Å². The molecule has 2 amide bonds. The fourth-order valence-corrected chi connectivity index (χ4v) is 1.77. The Morgan fingerprint density at radius 3 is 2.17 bits per heavy atom. The van der Waals surface area contributed by atoms with Gasteiger partial charge in [-0.25, -0.2) is 18.4 Å². The molecule has 7 heteroatoms. The number of rotatable bonds is 4. The molecule has 0 unspecified atom stereocenters. The predicted octanol–water partition coefficient (Wildman–Crippen LogP) is 3.79. The lowest BCUT2D eigenvalue weighted by atomic mass is 10.2. The number of halogens is 2. The van der Waals surface area contributed by atoms with Crippen LogP contribution in [0.2, 0.25) is 0 Å². The van der Waals surface area contributed by atoms with Crippen molar-refractivity contribution in [3.05, 3.63) is 59.7 Å². The van der Waals surface area contributed by atoms with Crippen molar-refractivity contribution in [2.45, 2.75) is 6.92 Å². The number of nitrogens with one attached hydrogen (secondary N) is 2. The summed E-state index contributed by atoms with van der Waals surface area (Å²) in [6.45, 7) is 1.98. The molecule has 0 aromatic heterocycles. The van der Waals surface area contributed by atoms with Crippen molar-refractivity contribution in [2.24, 2.45) is 0 Å².